The Labute approximate surface area is 202 Å². The molecule has 182 valence electrons. The molecule has 0 aliphatic carbocycles. The lowest BCUT2D eigenvalue weighted by Crippen LogP contribution is -2.32. The molecule has 0 unspecified atom stereocenters. The van der Waals surface area contributed by atoms with Gasteiger partial charge in [0.05, 0.1) is 5.70 Å². The number of alkyl halides is 3. The molecule has 0 aliphatic rings. The van der Waals surface area contributed by atoms with Crippen molar-refractivity contribution in [1.82, 2.24) is 10.2 Å². The summed E-state index contributed by atoms with van der Waals surface area (Å²) in [5.41, 5.74) is 2.24. The number of nitrogens with zero attached hydrogens (tertiary/aromatic N) is 3. The number of halogens is 4. The first kappa shape index (κ1) is 26.8. The third-order valence-electron chi connectivity index (χ3n) is 4.67. The van der Waals surface area contributed by atoms with E-state index in [4.69, 9.17) is 11.6 Å². The molecule has 0 bridgehead atoms. The number of likely N-dealkylation sites (N-methyl/N-ethyl adjacent to an activating group) is 1. The molecule has 2 rings (SSSR count). The van der Waals surface area contributed by atoms with Crippen LogP contribution in [-0.4, -0.2) is 38.5 Å². The van der Waals surface area contributed by atoms with Gasteiger partial charge >= 0.3 is 6.36 Å². The zero-order chi connectivity index (χ0) is 25.3. The van der Waals surface area contributed by atoms with Crippen LogP contribution in [0.1, 0.15) is 18.9 Å². The van der Waals surface area contributed by atoms with Crippen LogP contribution in [-0.2, 0) is 11.3 Å². The Hall–Kier alpha value is -3.46. The highest BCUT2D eigenvalue weighted by molar-refractivity contribution is 6.30. The number of aliphatic imine (C=N–C) groups is 1. The molecule has 0 heterocycles. The summed E-state index contributed by atoms with van der Waals surface area (Å²) in [7, 11) is 3.21. The Morgan fingerprint density at radius 1 is 1.24 bits per heavy atom. The summed E-state index contributed by atoms with van der Waals surface area (Å²) in [6.45, 7) is 5.76. The van der Waals surface area contributed by atoms with Gasteiger partial charge in [0.2, 0.25) is 6.41 Å². The quantitative estimate of drug-likeness (QED) is 0.247. The Balaban J connectivity index is 2.80. The van der Waals surface area contributed by atoms with Crippen molar-refractivity contribution in [3.05, 3.63) is 82.4 Å². The Morgan fingerprint density at radius 2 is 1.91 bits per heavy atom. The van der Waals surface area contributed by atoms with Crippen molar-refractivity contribution in [3.63, 3.8) is 0 Å². The fraction of sp³-hybridized carbons (Fsp3) is 0.250. The lowest BCUT2D eigenvalue weighted by atomic mass is 10.1. The maximum Gasteiger partial charge on any atom is 0.573 e. The summed E-state index contributed by atoms with van der Waals surface area (Å²) in [4.78, 5) is 18.7. The molecule has 1 N–H and O–H groups in total. The summed E-state index contributed by atoms with van der Waals surface area (Å²) in [6.07, 6.45) is -1.75. The van der Waals surface area contributed by atoms with E-state index in [1.54, 1.807) is 42.3 Å². The fourth-order valence-corrected chi connectivity index (χ4v) is 3.36. The molecule has 0 spiro atoms. The number of hydrogen-bond donors (Lipinski definition) is 1. The SMILES string of the molecule is C=N/C(=C(/C(=C/CC)NC)N(Cc1ccc(Cl)cc1)c1cccc(OC(F)(F)F)c1)N(C)C=O. The van der Waals surface area contributed by atoms with E-state index in [0.29, 0.717) is 34.9 Å². The first-order valence-corrected chi connectivity index (χ1v) is 10.7. The van der Waals surface area contributed by atoms with Gasteiger partial charge in [-0.1, -0.05) is 42.8 Å². The highest BCUT2D eigenvalue weighted by Gasteiger charge is 2.31. The topological polar surface area (TPSA) is 57.2 Å². The minimum atomic E-state index is -4.85. The Kier molecular flexibility index (Phi) is 9.56. The monoisotopic (exact) mass is 494 g/mol. The zero-order valence-electron chi connectivity index (χ0n) is 19.1. The lowest BCUT2D eigenvalue weighted by Gasteiger charge is -2.32. The van der Waals surface area contributed by atoms with E-state index >= 15 is 0 Å². The van der Waals surface area contributed by atoms with Crippen molar-refractivity contribution in [2.45, 2.75) is 26.3 Å². The van der Waals surface area contributed by atoms with E-state index in [-0.39, 0.29) is 18.1 Å². The van der Waals surface area contributed by atoms with Gasteiger partial charge in [0, 0.05) is 37.4 Å². The number of benzene rings is 2. The van der Waals surface area contributed by atoms with Crippen molar-refractivity contribution in [3.8, 4) is 5.75 Å². The molecule has 0 aromatic heterocycles. The van der Waals surface area contributed by atoms with E-state index in [1.165, 1.54) is 30.1 Å². The second kappa shape index (κ2) is 12.1. The Morgan fingerprint density at radius 3 is 2.44 bits per heavy atom. The van der Waals surface area contributed by atoms with Crippen molar-refractivity contribution in [2.24, 2.45) is 4.99 Å². The maximum absolute atomic E-state index is 12.9. The highest BCUT2D eigenvalue weighted by atomic mass is 35.5. The van der Waals surface area contributed by atoms with Gasteiger partial charge in [-0.3, -0.25) is 4.79 Å². The molecule has 6 nitrogen and oxygen atoms in total. The van der Waals surface area contributed by atoms with E-state index < -0.39 is 6.36 Å². The van der Waals surface area contributed by atoms with Crippen molar-refractivity contribution >= 4 is 30.4 Å². The van der Waals surface area contributed by atoms with Crippen molar-refractivity contribution in [1.29, 1.82) is 0 Å². The number of carbonyl (C=O) groups excluding carboxylic acids is 1. The molecule has 34 heavy (non-hydrogen) atoms. The minimum absolute atomic E-state index is 0.208. The third-order valence-corrected chi connectivity index (χ3v) is 4.93. The molecule has 2 aromatic rings. The van der Waals surface area contributed by atoms with Crippen LogP contribution in [0.15, 0.2) is 76.8 Å². The molecular formula is C24H26ClF3N4O2. The van der Waals surface area contributed by atoms with Crippen LogP contribution in [0.5, 0.6) is 5.75 Å². The van der Waals surface area contributed by atoms with Crippen molar-refractivity contribution < 1.29 is 22.7 Å². The van der Waals surface area contributed by atoms with Crippen LogP contribution >= 0.6 is 11.6 Å². The molecule has 0 atom stereocenters. The van der Waals surface area contributed by atoms with Crippen molar-refractivity contribution in [2.75, 3.05) is 19.0 Å². The average Bonchev–Trinajstić information content (AvgIpc) is 2.80. The lowest BCUT2D eigenvalue weighted by molar-refractivity contribution is -0.274. The first-order valence-electron chi connectivity index (χ1n) is 10.3. The van der Waals surface area contributed by atoms with Crippen LogP contribution in [0.3, 0.4) is 0 Å². The maximum atomic E-state index is 12.9. The predicted molar refractivity (Wildman–Crippen MR) is 129 cm³/mol. The summed E-state index contributed by atoms with van der Waals surface area (Å²) in [5.74, 6) is -0.173. The van der Waals surface area contributed by atoms with Gasteiger partial charge in [-0.15, -0.1) is 13.2 Å². The van der Waals surface area contributed by atoms with Crippen LogP contribution in [0.4, 0.5) is 18.9 Å². The van der Waals surface area contributed by atoms with Gasteiger partial charge in [0.25, 0.3) is 0 Å². The number of carbonyl (C=O) groups is 1. The van der Waals surface area contributed by atoms with Gasteiger partial charge in [-0.2, -0.15) is 0 Å². The van der Waals surface area contributed by atoms with E-state index in [9.17, 15) is 18.0 Å². The third kappa shape index (κ3) is 7.28. The number of hydrogen-bond acceptors (Lipinski definition) is 5. The summed E-state index contributed by atoms with van der Waals surface area (Å²) < 4.78 is 42.8. The fourth-order valence-electron chi connectivity index (χ4n) is 3.23. The smallest absolute Gasteiger partial charge is 0.406 e. The molecule has 10 heteroatoms. The second-order valence-electron chi connectivity index (χ2n) is 7.08. The minimum Gasteiger partial charge on any atom is -0.406 e. The van der Waals surface area contributed by atoms with E-state index in [0.717, 1.165) is 5.56 Å². The molecule has 0 fully saturated rings. The second-order valence-corrected chi connectivity index (χ2v) is 7.52. The summed E-state index contributed by atoms with van der Waals surface area (Å²) >= 11 is 6.02. The number of nitrogens with one attached hydrogen (secondary N) is 1. The van der Waals surface area contributed by atoms with Crippen LogP contribution in [0, 0.1) is 0 Å². The Bertz CT molecular complexity index is 1050. The van der Waals surface area contributed by atoms with E-state index in [2.05, 4.69) is 21.8 Å². The van der Waals surface area contributed by atoms with Gasteiger partial charge in [0.1, 0.15) is 11.4 Å². The van der Waals surface area contributed by atoms with Crippen LogP contribution in [0.25, 0.3) is 0 Å². The molecule has 0 saturated heterocycles. The highest BCUT2D eigenvalue weighted by Crippen LogP contribution is 2.33. The molecule has 2 aromatic carbocycles. The van der Waals surface area contributed by atoms with Gasteiger partial charge < -0.3 is 19.9 Å². The molecular weight excluding hydrogens is 469 g/mol. The number of rotatable bonds is 11. The number of anilines is 1. The predicted octanol–water partition coefficient (Wildman–Crippen LogP) is 5.72. The molecule has 0 radical (unpaired) electrons. The van der Waals surface area contributed by atoms with Crippen LogP contribution in [0.2, 0.25) is 5.02 Å². The standard InChI is InChI=1S/C24H26ClF3N4O2/c1-5-7-21(29-2)22(23(30-3)31(4)16-33)32(15-17-10-12-18(25)13-11-17)19-8-6-9-20(14-19)34-24(26,27)28/h6-14,16,29H,3,5,15H2,1-2,4H3/b21-7-,23-22+. The number of allylic oxidation sites excluding steroid dienone is 1. The molecule has 1 amide bonds. The van der Waals surface area contributed by atoms with Gasteiger partial charge in [-0.25, -0.2) is 4.99 Å². The number of ether oxygens (including phenoxy) is 1. The summed E-state index contributed by atoms with van der Waals surface area (Å²) in [5, 5.41) is 3.64. The van der Waals surface area contributed by atoms with Crippen LogP contribution < -0.4 is 15.0 Å². The van der Waals surface area contributed by atoms with E-state index in [1.807, 2.05) is 13.0 Å². The first-order chi connectivity index (χ1) is 16.1. The zero-order valence-corrected chi connectivity index (χ0v) is 19.8. The van der Waals surface area contributed by atoms with Gasteiger partial charge in [-0.05, 0) is 43.0 Å². The number of amides is 1. The molecule has 0 aliphatic heterocycles. The van der Waals surface area contributed by atoms with Gasteiger partial charge in [0.15, 0.2) is 5.82 Å². The molecule has 0 saturated carbocycles. The normalized spacial score (nSPS) is 12.5. The summed E-state index contributed by atoms with van der Waals surface area (Å²) in [6, 6.07) is 12.6. The average molecular weight is 495 g/mol. The largest absolute Gasteiger partial charge is 0.573 e.